The fourth-order valence-electron chi connectivity index (χ4n) is 2.20. The first-order valence-corrected chi connectivity index (χ1v) is 7.56. The van der Waals surface area contributed by atoms with Crippen molar-refractivity contribution in [1.82, 2.24) is 9.55 Å². The van der Waals surface area contributed by atoms with Crippen LogP contribution in [-0.2, 0) is 16.0 Å². The van der Waals surface area contributed by atoms with Gasteiger partial charge in [0.1, 0.15) is 6.61 Å². The summed E-state index contributed by atoms with van der Waals surface area (Å²) in [5.74, 6) is -0.415. The number of ether oxygens (including phenoxy) is 2. The zero-order valence-corrected chi connectivity index (χ0v) is 13.7. The SMILES string of the molecule is COC(CCn1ccc(=O)[nH]c1=O)COC(=O)c1cccc(C)c1. The molecule has 1 aromatic heterocycles. The van der Waals surface area contributed by atoms with Crippen molar-refractivity contribution in [3.63, 3.8) is 0 Å². The Hall–Kier alpha value is -2.67. The van der Waals surface area contributed by atoms with Crippen LogP contribution in [0.1, 0.15) is 22.3 Å². The van der Waals surface area contributed by atoms with Crippen LogP contribution in [0.4, 0.5) is 0 Å². The zero-order valence-electron chi connectivity index (χ0n) is 13.7. The van der Waals surface area contributed by atoms with Gasteiger partial charge in [-0.2, -0.15) is 0 Å². The maximum Gasteiger partial charge on any atom is 0.338 e. The molecule has 0 fully saturated rings. The maximum atomic E-state index is 12.0. The van der Waals surface area contributed by atoms with E-state index in [1.165, 1.54) is 23.9 Å². The minimum Gasteiger partial charge on any atom is -0.459 e. The van der Waals surface area contributed by atoms with Gasteiger partial charge in [-0.05, 0) is 25.5 Å². The summed E-state index contributed by atoms with van der Waals surface area (Å²) in [5.41, 5.74) is 0.549. The Labute approximate surface area is 138 Å². The van der Waals surface area contributed by atoms with E-state index in [1.807, 2.05) is 13.0 Å². The number of esters is 1. The summed E-state index contributed by atoms with van der Waals surface area (Å²) in [6.45, 7) is 2.33. The van der Waals surface area contributed by atoms with Crippen LogP contribution in [0.2, 0.25) is 0 Å². The largest absolute Gasteiger partial charge is 0.459 e. The maximum absolute atomic E-state index is 12.0. The topological polar surface area (TPSA) is 90.4 Å². The highest BCUT2D eigenvalue weighted by molar-refractivity contribution is 5.89. The number of hydrogen-bond acceptors (Lipinski definition) is 5. The lowest BCUT2D eigenvalue weighted by atomic mass is 10.1. The number of rotatable bonds is 7. The number of carbonyl (C=O) groups is 1. The monoisotopic (exact) mass is 332 g/mol. The van der Waals surface area contributed by atoms with Crippen LogP contribution in [0.15, 0.2) is 46.1 Å². The van der Waals surface area contributed by atoms with Gasteiger partial charge in [-0.15, -0.1) is 0 Å². The third-order valence-electron chi connectivity index (χ3n) is 3.58. The third kappa shape index (κ3) is 4.92. The van der Waals surface area contributed by atoms with Gasteiger partial charge >= 0.3 is 11.7 Å². The van der Waals surface area contributed by atoms with Crippen LogP contribution in [0.3, 0.4) is 0 Å². The minimum atomic E-state index is -0.478. The summed E-state index contributed by atoms with van der Waals surface area (Å²) in [6.07, 6.45) is 1.54. The summed E-state index contributed by atoms with van der Waals surface area (Å²) in [5, 5.41) is 0. The smallest absolute Gasteiger partial charge is 0.338 e. The highest BCUT2D eigenvalue weighted by atomic mass is 16.6. The normalized spacial score (nSPS) is 11.9. The first-order valence-electron chi connectivity index (χ1n) is 7.56. The first-order chi connectivity index (χ1) is 11.5. The van der Waals surface area contributed by atoms with E-state index in [-0.39, 0.29) is 12.7 Å². The van der Waals surface area contributed by atoms with E-state index in [9.17, 15) is 14.4 Å². The Bertz CT molecular complexity index is 809. The van der Waals surface area contributed by atoms with Crippen molar-refractivity contribution >= 4 is 5.97 Å². The Balaban J connectivity index is 1.89. The molecule has 24 heavy (non-hydrogen) atoms. The van der Waals surface area contributed by atoms with Crippen LogP contribution in [0, 0.1) is 6.92 Å². The van der Waals surface area contributed by atoms with Gasteiger partial charge in [0, 0.05) is 25.9 Å². The molecule has 0 aliphatic heterocycles. The van der Waals surface area contributed by atoms with Gasteiger partial charge in [0.15, 0.2) is 0 Å². The standard InChI is InChI=1S/C17H20N2O5/c1-12-4-3-5-13(10-12)16(21)24-11-14(23-2)6-8-19-9-7-15(20)18-17(19)22/h3-5,7,9-10,14H,6,8,11H2,1-2H3,(H,18,20,22). The highest BCUT2D eigenvalue weighted by Crippen LogP contribution is 2.07. The molecule has 1 aromatic carbocycles. The lowest BCUT2D eigenvalue weighted by Gasteiger charge is -2.16. The van der Waals surface area contributed by atoms with Crippen LogP contribution in [-0.4, -0.2) is 35.3 Å². The van der Waals surface area contributed by atoms with Gasteiger partial charge in [0.05, 0.1) is 11.7 Å². The summed E-state index contributed by atoms with van der Waals surface area (Å²) in [7, 11) is 1.51. The van der Waals surface area contributed by atoms with Crippen molar-refractivity contribution in [3.05, 3.63) is 68.5 Å². The molecule has 0 bridgehead atoms. The van der Waals surface area contributed by atoms with E-state index >= 15 is 0 Å². The van der Waals surface area contributed by atoms with Gasteiger partial charge in [0.25, 0.3) is 5.56 Å². The summed E-state index contributed by atoms with van der Waals surface area (Å²) in [4.78, 5) is 36.8. The van der Waals surface area contributed by atoms with Crippen LogP contribution < -0.4 is 11.2 Å². The number of H-pyrrole nitrogens is 1. The van der Waals surface area contributed by atoms with E-state index in [2.05, 4.69) is 4.98 Å². The average molecular weight is 332 g/mol. The number of benzene rings is 1. The van der Waals surface area contributed by atoms with Crippen molar-refractivity contribution < 1.29 is 14.3 Å². The van der Waals surface area contributed by atoms with E-state index < -0.39 is 17.2 Å². The van der Waals surface area contributed by atoms with E-state index in [1.54, 1.807) is 18.2 Å². The molecule has 1 unspecified atom stereocenters. The second-order valence-electron chi connectivity index (χ2n) is 5.42. The predicted octanol–water partition coefficient (Wildman–Crippen LogP) is 1.11. The summed E-state index contributed by atoms with van der Waals surface area (Å²) >= 11 is 0. The fourth-order valence-corrected chi connectivity index (χ4v) is 2.20. The molecular weight excluding hydrogens is 312 g/mol. The molecule has 1 atom stereocenters. The quantitative estimate of drug-likeness (QED) is 0.767. The molecule has 0 amide bonds. The number of hydrogen-bond donors (Lipinski definition) is 1. The molecule has 2 aromatic rings. The van der Waals surface area contributed by atoms with E-state index in [4.69, 9.17) is 9.47 Å². The second-order valence-corrected chi connectivity index (χ2v) is 5.42. The van der Waals surface area contributed by atoms with Crippen LogP contribution in [0.25, 0.3) is 0 Å². The molecular formula is C17H20N2O5. The Morgan fingerprint density at radius 2 is 2.08 bits per heavy atom. The predicted molar refractivity (Wildman–Crippen MR) is 88.2 cm³/mol. The molecule has 7 heteroatoms. The molecule has 128 valence electrons. The van der Waals surface area contributed by atoms with Crippen molar-refractivity contribution in [3.8, 4) is 0 Å². The molecule has 0 saturated heterocycles. The second kappa shape index (κ2) is 8.26. The Kier molecular flexibility index (Phi) is 6.08. The number of aromatic nitrogens is 2. The number of aromatic amines is 1. The summed E-state index contributed by atoms with van der Waals surface area (Å²) in [6, 6.07) is 8.42. The lowest BCUT2D eigenvalue weighted by molar-refractivity contribution is 0.00650. The van der Waals surface area contributed by atoms with E-state index in [0.717, 1.165) is 5.56 Å². The number of carbonyl (C=O) groups excluding carboxylic acids is 1. The first kappa shape index (κ1) is 17.7. The van der Waals surface area contributed by atoms with Gasteiger partial charge in [-0.25, -0.2) is 9.59 Å². The molecule has 1 heterocycles. The number of nitrogens with zero attached hydrogens (tertiary/aromatic N) is 1. The number of aryl methyl sites for hydroxylation is 2. The van der Waals surface area contributed by atoms with Gasteiger partial charge < -0.3 is 14.0 Å². The van der Waals surface area contributed by atoms with Crippen molar-refractivity contribution in [2.75, 3.05) is 13.7 Å². The number of nitrogens with one attached hydrogen (secondary N) is 1. The lowest BCUT2D eigenvalue weighted by Crippen LogP contribution is -2.31. The van der Waals surface area contributed by atoms with Crippen molar-refractivity contribution in [2.45, 2.75) is 26.0 Å². The van der Waals surface area contributed by atoms with Gasteiger partial charge in [0.2, 0.25) is 0 Å². The molecule has 0 radical (unpaired) electrons. The molecule has 1 N–H and O–H groups in total. The van der Waals surface area contributed by atoms with E-state index in [0.29, 0.717) is 18.5 Å². The van der Waals surface area contributed by atoms with Gasteiger partial charge in [-0.3, -0.25) is 9.78 Å². The van der Waals surface area contributed by atoms with Crippen LogP contribution in [0.5, 0.6) is 0 Å². The third-order valence-corrected chi connectivity index (χ3v) is 3.58. The Morgan fingerprint density at radius 3 is 2.75 bits per heavy atom. The van der Waals surface area contributed by atoms with Crippen molar-refractivity contribution in [2.24, 2.45) is 0 Å². The Morgan fingerprint density at radius 1 is 1.29 bits per heavy atom. The highest BCUT2D eigenvalue weighted by Gasteiger charge is 2.13. The molecule has 0 saturated carbocycles. The molecule has 0 spiro atoms. The number of methoxy groups -OCH3 is 1. The fraction of sp³-hybridized carbons (Fsp3) is 0.353. The van der Waals surface area contributed by atoms with Gasteiger partial charge in [-0.1, -0.05) is 17.7 Å². The zero-order chi connectivity index (χ0) is 17.5. The summed E-state index contributed by atoms with van der Waals surface area (Å²) < 4.78 is 11.9. The molecule has 0 aliphatic rings. The van der Waals surface area contributed by atoms with Crippen LogP contribution >= 0.6 is 0 Å². The minimum absolute atomic E-state index is 0.0847. The molecule has 7 nitrogen and oxygen atoms in total. The average Bonchev–Trinajstić information content (AvgIpc) is 2.56. The molecule has 2 rings (SSSR count). The molecule has 0 aliphatic carbocycles. The van der Waals surface area contributed by atoms with Crippen molar-refractivity contribution in [1.29, 1.82) is 0 Å².